The molecule has 0 aliphatic carbocycles. The Morgan fingerprint density at radius 2 is 1.14 bits per heavy atom. The number of hydrogen-bond donors (Lipinski definition) is 2. The first-order valence-corrected chi connectivity index (χ1v) is 2.10. The van der Waals surface area contributed by atoms with Crippen LogP contribution in [0.5, 0.6) is 0 Å². The molecule has 0 aromatic heterocycles. The Hall–Kier alpha value is 2.13. The molecule has 0 amide bonds. The predicted octanol–water partition coefficient (Wildman–Crippen LogP) is -1.57. The third-order valence-electron chi connectivity index (χ3n) is 0. The third kappa shape index (κ3) is 67.3. The summed E-state index contributed by atoms with van der Waals surface area (Å²) in [6.45, 7) is 0. The molecule has 0 saturated carbocycles. The molecule has 0 aliphatic rings. The number of rotatable bonds is 0. The van der Waals surface area contributed by atoms with Crippen LogP contribution in [0.25, 0.3) is 0 Å². The Morgan fingerprint density at radius 1 is 1.14 bits per heavy atom. The van der Waals surface area contributed by atoms with Gasteiger partial charge in [0.2, 0.25) is 0 Å². The van der Waals surface area contributed by atoms with Crippen molar-refractivity contribution in [3.05, 3.63) is 0 Å². The zero-order valence-corrected chi connectivity index (χ0v) is 6.28. The summed E-state index contributed by atoms with van der Waals surface area (Å²) < 4.78 is 31.6. The van der Waals surface area contributed by atoms with Gasteiger partial charge in [-0.25, -0.2) is 0 Å². The Bertz CT molecular complexity index is 94.9. The zero-order valence-electron chi connectivity index (χ0n) is 2.53. The molecule has 0 unspecified atom stereocenters. The molecule has 42 valence electrons. The van der Waals surface area contributed by atoms with Gasteiger partial charge < -0.3 is 0 Å². The summed E-state index contributed by atoms with van der Waals surface area (Å²) in [5.74, 6) is 0. The van der Waals surface area contributed by atoms with Crippen molar-refractivity contribution in [2.75, 3.05) is 0 Å². The minimum absolute atomic E-state index is 0. The Balaban J connectivity index is -0.0000000800. The molecule has 0 bridgehead atoms. The van der Waals surface area contributed by atoms with Crippen molar-refractivity contribution in [2.24, 2.45) is 0 Å². The van der Waals surface area contributed by atoms with Crippen LogP contribution in [-0.2, 0) is 31.5 Å². The van der Waals surface area contributed by atoms with E-state index in [0.717, 1.165) is 0 Å². The van der Waals surface area contributed by atoms with E-state index in [1.165, 1.54) is 0 Å². The van der Waals surface area contributed by atoms with E-state index in [-0.39, 0.29) is 69.9 Å². The number of hydrogen-bond acceptors (Lipinski definition) is 2. The minimum Gasteiger partial charge on any atom is 0 e. The van der Waals surface area contributed by atoms with Gasteiger partial charge in [-0.15, -0.1) is 0 Å². The summed E-state index contributed by atoms with van der Waals surface area (Å²) in [6, 6.07) is 0. The second-order valence-electron chi connectivity index (χ2n) is 0.448. The van der Waals surface area contributed by atoms with Crippen molar-refractivity contribution in [3.63, 3.8) is 0 Å². The van der Waals surface area contributed by atoms with Crippen LogP contribution >= 0.6 is 0 Å². The fourth-order valence-corrected chi connectivity index (χ4v) is 0. The second-order valence-corrected chi connectivity index (χ2v) is 1.34. The van der Waals surface area contributed by atoms with Crippen molar-refractivity contribution in [2.45, 2.75) is 0 Å². The molecular weight excluding hydrogens is 417 g/mol. The van der Waals surface area contributed by atoms with Crippen molar-refractivity contribution < 1.29 is 38.6 Å². The van der Waals surface area contributed by atoms with Crippen LogP contribution in [0.2, 0.25) is 0 Å². The molecule has 0 aromatic carbocycles. The third-order valence-corrected chi connectivity index (χ3v) is 0. The Labute approximate surface area is 96.0 Å². The smallest absolute Gasteiger partial charge is 0 e. The van der Waals surface area contributed by atoms with Gasteiger partial charge >= 0.3 is 59.3 Å². The van der Waals surface area contributed by atoms with Crippen LogP contribution in [0, 0.1) is 0 Å². The topological polar surface area (TPSA) is 74.6 Å². The SMILES string of the molecule is O=S(=O)(O)O.[BaH2].[W]. The molecule has 0 aliphatic heterocycles. The molecule has 0 spiro atoms. The maximum atomic E-state index is 8.74. The maximum absolute atomic E-state index is 8.74. The average Bonchev–Trinajstić information content (AvgIpc) is 0.722. The summed E-state index contributed by atoms with van der Waals surface area (Å²) in [5, 5.41) is 0. The minimum atomic E-state index is -4.67. The summed E-state index contributed by atoms with van der Waals surface area (Å²) >= 11 is 0. The van der Waals surface area contributed by atoms with Crippen molar-refractivity contribution in [1.82, 2.24) is 0 Å². The van der Waals surface area contributed by atoms with E-state index in [0.29, 0.717) is 0 Å². The summed E-state index contributed by atoms with van der Waals surface area (Å²) in [7, 11) is -4.67. The molecule has 7 heteroatoms. The van der Waals surface area contributed by atoms with Crippen LogP contribution in [-0.4, -0.2) is 66.4 Å². The molecule has 7 heavy (non-hydrogen) atoms. The quantitative estimate of drug-likeness (QED) is 0.366. The molecular formula is H4BaO4SW. The molecule has 4 nitrogen and oxygen atoms in total. The monoisotopic (exact) mass is 422 g/mol. The largest absolute Gasteiger partial charge is 0 e. The van der Waals surface area contributed by atoms with E-state index < -0.39 is 10.4 Å². The molecule has 0 radical (unpaired) electrons. The molecule has 2 N–H and O–H groups in total. The van der Waals surface area contributed by atoms with Gasteiger partial charge in [-0.2, -0.15) is 8.42 Å². The first-order valence-electron chi connectivity index (χ1n) is 0.698. The maximum Gasteiger partial charge on any atom is 0 e. The van der Waals surface area contributed by atoms with Crippen LogP contribution in [0.15, 0.2) is 0 Å². The van der Waals surface area contributed by atoms with Gasteiger partial charge in [-0.1, -0.05) is 0 Å². The summed E-state index contributed by atoms with van der Waals surface area (Å²) in [4.78, 5) is 0. The van der Waals surface area contributed by atoms with Gasteiger partial charge in [0, 0.05) is 21.1 Å². The summed E-state index contributed by atoms with van der Waals surface area (Å²) in [6.07, 6.45) is 0. The standard InChI is InChI=1S/Ba.H2O4S.W.2H/c;1-5(2,3)4;;;/h;(H2,1,2,3,4);;;. The first kappa shape index (κ1) is 16.1. The van der Waals surface area contributed by atoms with E-state index in [1.807, 2.05) is 0 Å². The zero-order chi connectivity index (χ0) is 4.50. The van der Waals surface area contributed by atoms with Crippen LogP contribution < -0.4 is 0 Å². The van der Waals surface area contributed by atoms with E-state index in [4.69, 9.17) is 17.5 Å². The Morgan fingerprint density at radius 3 is 1.14 bits per heavy atom. The van der Waals surface area contributed by atoms with E-state index in [2.05, 4.69) is 0 Å². The molecule has 0 atom stereocenters. The normalized spacial score (nSPS) is 8.29. The van der Waals surface area contributed by atoms with Gasteiger partial charge in [-0.3, -0.25) is 9.11 Å². The van der Waals surface area contributed by atoms with Gasteiger partial charge in [-0.05, 0) is 0 Å². The molecule has 0 fully saturated rings. The Kier molecular flexibility index (Phi) is 14.3. The van der Waals surface area contributed by atoms with Crippen LogP contribution in [0.1, 0.15) is 0 Å². The predicted molar refractivity (Wildman–Crippen MR) is 22.7 cm³/mol. The van der Waals surface area contributed by atoms with Gasteiger partial charge in [0.15, 0.2) is 0 Å². The fourth-order valence-electron chi connectivity index (χ4n) is 0. The first-order chi connectivity index (χ1) is 2.00. The van der Waals surface area contributed by atoms with E-state index in [9.17, 15) is 0 Å². The van der Waals surface area contributed by atoms with Gasteiger partial charge in [0.25, 0.3) is 0 Å². The fraction of sp³-hybridized carbons (Fsp3) is 0. The van der Waals surface area contributed by atoms with Crippen LogP contribution in [0.4, 0.5) is 0 Å². The van der Waals surface area contributed by atoms with Crippen LogP contribution in [0.3, 0.4) is 0 Å². The van der Waals surface area contributed by atoms with Gasteiger partial charge in [0.1, 0.15) is 0 Å². The molecule has 0 rings (SSSR count). The van der Waals surface area contributed by atoms with Crippen molar-refractivity contribution >= 4 is 59.3 Å². The average molecular weight is 421 g/mol. The van der Waals surface area contributed by atoms with Crippen molar-refractivity contribution in [1.29, 1.82) is 0 Å². The summed E-state index contributed by atoms with van der Waals surface area (Å²) in [5.41, 5.74) is 0. The second kappa shape index (κ2) is 6.25. The van der Waals surface area contributed by atoms with E-state index >= 15 is 0 Å². The van der Waals surface area contributed by atoms with Gasteiger partial charge in [0.05, 0.1) is 0 Å². The van der Waals surface area contributed by atoms with Crippen molar-refractivity contribution in [3.8, 4) is 0 Å². The molecule has 0 aromatic rings. The molecule has 0 heterocycles. The molecule has 0 saturated heterocycles. The van der Waals surface area contributed by atoms with E-state index in [1.54, 1.807) is 0 Å².